The van der Waals surface area contributed by atoms with Crippen LogP contribution >= 0.6 is 0 Å². The summed E-state index contributed by atoms with van der Waals surface area (Å²) in [5.74, 6) is 0.614. The molecule has 2 aromatic heterocycles. The zero-order valence-electron chi connectivity index (χ0n) is 15.6. The Kier molecular flexibility index (Phi) is 4.60. The molecule has 3 heterocycles. The molecule has 1 N–H and O–H groups in total. The summed E-state index contributed by atoms with van der Waals surface area (Å²) in [5.41, 5.74) is 1.71. The van der Waals surface area contributed by atoms with Crippen LogP contribution in [0.2, 0.25) is 0 Å². The molecule has 0 fully saturated rings. The molecule has 1 aliphatic rings. The van der Waals surface area contributed by atoms with Crippen molar-refractivity contribution < 1.29 is 18.7 Å². The van der Waals surface area contributed by atoms with Crippen molar-refractivity contribution in [2.45, 2.75) is 19.5 Å². The molecule has 3 aromatic rings. The predicted octanol–water partition coefficient (Wildman–Crippen LogP) is 1.99. The molecule has 0 unspecified atom stereocenters. The van der Waals surface area contributed by atoms with Crippen molar-refractivity contribution in [3.8, 4) is 5.75 Å². The Hall–Kier alpha value is -3.55. The Balaban J connectivity index is 1.44. The number of benzene rings is 1. The van der Waals surface area contributed by atoms with E-state index in [1.807, 2.05) is 25.3 Å². The van der Waals surface area contributed by atoms with E-state index in [0.29, 0.717) is 23.7 Å². The molecule has 0 aliphatic carbocycles. The van der Waals surface area contributed by atoms with E-state index in [1.165, 1.54) is 4.90 Å². The highest BCUT2D eigenvalue weighted by atomic mass is 16.5. The minimum Gasteiger partial charge on any atom is -0.489 e. The van der Waals surface area contributed by atoms with Gasteiger partial charge in [-0.25, -0.2) is 0 Å². The number of aryl methyl sites for hydroxylation is 1. The maximum Gasteiger partial charge on any atom is 0.287 e. The largest absolute Gasteiger partial charge is 0.489 e. The number of nitrogens with zero attached hydrogens (tertiary/aromatic N) is 3. The van der Waals surface area contributed by atoms with Crippen molar-refractivity contribution in [3.05, 3.63) is 65.9 Å². The summed E-state index contributed by atoms with van der Waals surface area (Å²) in [4.78, 5) is 26.8. The van der Waals surface area contributed by atoms with Crippen molar-refractivity contribution in [3.63, 3.8) is 0 Å². The molecule has 1 aromatic carbocycles. The molecule has 1 atom stereocenters. The van der Waals surface area contributed by atoms with Crippen LogP contribution in [-0.4, -0.2) is 41.3 Å². The van der Waals surface area contributed by atoms with Crippen molar-refractivity contribution >= 4 is 17.5 Å². The first-order valence-electron chi connectivity index (χ1n) is 8.89. The molecule has 0 spiro atoms. The zero-order valence-corrected chi connectivity index (χ0v) is 15.6. The van der Waals surface area contributed by atoms with Gasteiger partial charge in [0.1, 0.15) is 24.2 Å². The Morgan fingerprint density at radius 1 is 1.29 bits per heavy atom. The standard InChI is InChI=1S/C20H20N4O4/c1-13-9-21-24(10-13)11-14-7-8-18(28-14)19(25)22-15-12-27-17-6-4-3-5-16(17)23(2)20(15)26/h3-10,15H,11-12H2,1-2H3,(H,22,25)/t15-/m0/s1. The second-order valence-electron chi connectivity index (χ2n) is 6.68. The van der Waals surface area contributed by atoms with E-state index < -0.39 is 11.9 Å². The molecular formula is C20H20N4O4. The van der Waals surface area contributed by atoms with Crippen LogP contribution in [0, 0.1) is 6.92 Å². The van der Waals surface area contributed by atoms with Crippen molar-refractivity contribution in [2.24, 2.45) is 0 Å². The number of furan rings is 1. The number of hydrogen-bond acceptors (Lipinski definition) is 5. The molecule has 4 rings (SSSR count). The number of fused-ring (bicyclic) bond motifs is 1. The number of para-hydroxylation sites is 2. The monoisotopic (exact) mass is 380 g/mol. The fraction of sp³-hybridized carbons (Fsp3) is 0.250. The second kappa shape index (κ2) is 7.22. The van der Waals surface area contributed by atoms with Gasteiger partial charge in [0, 0.05) is 13.2 Å². The van der Waals surface area contributed by atoms with Gasteiger partial charge in [0.05, 0.1) is 18.4 Å². The number of aromatic nitrogens is 2. The summed E-state index contributed by atoms with van der Waals surface area (Å²) in [6.07, 6.45) is 3.64. The third kappa shape index (κ3) is 3.48. The first-order chi connectivity index (χ1) is 13.5. The maximum absolute atomic E-state index is 12.7. The SMILES string of the molecule is Cc1cnn(Cc2ccc(C(=O)N[C@H]3COc4ccccc4N(C)C3=O)o2)c1. The third-order valence-corrected chi connectivity index (χ3v) is 4.53. The number of likely N-dealkylation sites (N-methyl/N-ethyl adjacent to an activating group) is 1. The lowest BCUT2D eigenvalue weighted by Crippen LogP contribution is -2.49. The lowest BCUT2D eigenvalue weighted by molar-refractivity contribution is -0.120. The van der Waals surface area contributed by atoms with E-state index in [0.717, 1.165) is 5.56 Å². The number of rotatable bonds is 4. The highest BCUT2D eigenvalue weighted by Crippen LogP contribution is 2.29. The van der Waals surface area contributed by atoms with Crippen molar-refractivity contribution in [1.29, 1.82) is 0 Å². The average molecular weight is 380 g/mol. The number of carbonyl (C=O) groups excluding carboxylic acids is 2. The number of amides is 2. The van der Waals surface area contributed by atoms with Crippen LogP contribution in [0.5, 0.6) is 5.75 Å². The molecule has 0 radical (unpaired) electrons. The Morgan fingerprint density at radius 3 is 2.89 bits per heavy atom. The molecular weight excluding hydrogens is 360 g/mol. The van der Waals surface area contributed by atoms with Gasteiger partial charge in [-0.05, 0) is 36.8 Å². The van der Waals surface area contributed by atoms with E-state index in [4.69, 9.17) is 9.15 Å². The maximum atomic E-state index is 12.7. The summed E-state index contributed by atoms with van der Waals surface area (Å²) in [6.45, 7) is 2.42. The van der Waals surface area contributed by atoms with Gasteiger partial charge in [0.25, 0.3) is 11.8 Å². The van der Waals surface area contributed by atoms with Gasteiger partial charge in [-0.15, -0.1) is 0 Å². The molecule has 28 heavy (non-hydrogen) atoms. The van der Waals surface area contributed by atoms with Gasteiger partial charge in [-0.1, -0.05) is 12.1 Å². The highest BCUT2D eigenvalue weighted by molar-refractivity contribution is 6.02. The molecule has 0 saturated carbocycles. The quantitative estimate of drug-likeness (QED) is 0.748. The summed E-state index contributed by atoms with van der Waals surface area (Å²) in [7, 11) is 1.66. The number of ether oxygens (including phenoxy) is 1. The fourth-order valence-corrected chi connectivity index (χ4v) is 3.08. The molecule has 0 bridgehead atoms. The number of carbonyl (C=O) groups is 2. The molecule has 0 saturated heterocycles. The first kappa shape index (κ1) is 17.8. The zero-order chi connectivity index (χ0) is 19.7. The minimum atomic E-state index is -0.813. The molecule has 144 valence electrons. The summed E-state index contributed by atoms with van der Waals surface area (Å²) < 4.78 is 13.0. The third-order valence-electron chi connectivity index (χ3n) is 4.53. The average Bonchev–Trinajstić information content (AvgIpc) is 3.30. The minimum absolute atomic E-state index is 0.0477. The van der Waals surface area contributed by atoms with Gasteiger partial charge >= 0.3 is 0 Å². The van der Waals surface area contributed by atoms with E-state index in [2.05, 4.69) is 10.4 Å². The van der Waals surface area contributed by atoms with E-state index in [-0.39, 0.29) is 18.3 Å². The number of nitrogens with one attached hydrogen (secondary N) is 1. The molecule has 2 amide bonds. The molecule has 1 aliphatic heterocycles. The van der Waals surface area contributed by atoms with Crippen molar-refractivity contribution in [2.75, 3.05) is 18.6 Å². The Bertz CT molecular complexity index is 1020. The normalized spacial score (nSPS) is 16.3. The topological polar surface area (TPSA) is 89.6 Å². The lowest BCUT2D eigenvalue weighted by atomic mass is 10.2. The molecule has 8 nitrogen and oxygen atoms in total. The van der Waals surface area contributed by atoms with Gasteiger partial charge in [0.15, 0.2) is 5.76 Å². The predicted molar refractivity (Wildman–Crippen MR) is 101 cm³/mol. The van der Waals surface area contributed by atoms with Crippen LogP contribution in [0.4, 0.5) is 5.69 Å². The smallest absolute Gasteiger partial charge is 0.287 e. The summed E-state index contributed by atoms with van der Waals surface area (Å²) in [6, 6.07) is 9.75. The van der Waals surface area contributed by atoms with E-state index in [9.17, 15) is 9.59 Å². The number of hydrogen-bond donors (Lipinski definition) is 1. The highest BCUT2D eigenvalue weighted by Gasteiger charge is 2.31. The van der Waals surface area contributed by atoms with Crippen LogP contribution in [0.3, 0.4) is 0 Å². The van der Waals surface area contributed by atoms with Gasteiger partial charge in [-0.2, -0.15) is 5.10 Å². The van der Waals surface area contributed by atoms with Crippen LogP contribution in [0.25, 0.3) is 0 Å². The van der Waals surface area contributed by atoms with Crippen molar-refractivity contribution in [1.82, 2.24) is 15.1 Å². The van der Waals surface area contributed by atoms with E-state index in [1.54, 1.807) is 42.2 Å². The van der Waals surface area contributed by atoms with Crippen LogP contribution in [-0.2, 0) is 11.3 Å². The Labute approximate surface area is 161 Å². The van der Waals surface area contributed by atoms with E-state index >= 15 is 0 Å². The van der Waals surface area contributed by atoms with Gasteiger partial charge in [-0.3, -0.25) is 14.3 Å². The Morgan fingerprint density at radius 2 is 2.11 bits per heavy atom. The van der Waals surface area contributed by atoms with Crippen LogP contribution in [0.1, 0.15) is 21.9 Å². The van der Waals surface area contributed by atoms with Gasteiger partial charge in [0.2, 0.25) is 0 Å². The summed E-state index contributed by atoms with van der Waals surface area (Å²) in [5, 5.41) is 6.90. The van der Waals surface area contributed by atoms with Crippen LogP contribution < -0.4 is 15.0 Å². The first-order valence-corrected chi connectivity index (χ1v) is 8.89. The lowest BCUT2D eigenvalue weighted by Gasteiger charge is -2.19. The van der Waals surface area contributed by atoms with Gasteiger partial charge < -0.3 is 19.4 Å². The number of anilines is 1. The summed E-state index contributed by atoms with van der Waals surface area (Å²) >= 11 is 0. The second-order valence-corrected chi connectivity index (χ2v) is 6.68. The van der Waals surface area contributed by atoms with Crippen LogP contribution in [0.15, 0.2) is 53.2 Å². The fourth-order valence-electron chi connectivity index (χ4n) is 3.08. The molecule has 8 heteroatoms.